The summed E-state index contributed by atoms with van der Waals surface area (Å²) in [6, 6.07) is 1.50. The van der Waals surface area contributed by atoms with E-state index < -0.39 is 12.1 Å². The lowest BCUT2D eigenvalue weighted by Gasteiger charge is -2.07. The van der Waals surface area contributed by atoms with E-state index in [1.165, 1.54) is 17.4 Å². The molecule has 5 nitrogen and oxygen atoms in total. The van der Waals surface area contributed by atoms with Gasteiger partial charge in [0.05, 0.1) is 16.6 Å². The van der Waals surface area contributed by atoms with Crippen molar-refractivity contribution in [1.82, 2.24) is 9.78 Å². The zero-order chi connectivity index (χ0) is 13.1. The van der Waals surface area contributed by atoms with E-state index in [9.17, 15) is 9.90 Å². The van der Waals surface area contributed by atoms with Gasteiger partial charge in [0, 0.05) is 18.3 Å². The molecule has 0 fully saturated rings. The van der Waals surface area contributed by atoms with Gasteiger partial charge in [-0.3, -0.25) is 4.68 Å². The summed E-state index contributed by atoms with van der Waals surface area (Å²) in [5.74, 6) is -1.02. The maximum absolute atomic E-state index is 11.0. The summed E-state index contributed by atoms with van der Waals surface area (Å²) in [6.45, 7) is 2.82. The molecule has 0 aliphatic rings. The van der Waals surface area contributed by atoms with E-state index >= 15 is 0 Å². The smallest absolute Gasteiger partial charge is 0.336 e. The summed E-state index contributed by atoms with van der Waals surface area (Å²) in [4.78, 5) is 11.4. The maximum atomic E-state index is 11.0. The molecule has 2 aromatic rings. The molecule has 0 radical (unpaired) electrons. The zero-order valence-corrected chi connectivity index (χ0v) is 10.7. The molecule has 0 spiro atoms. The minimum atomic E-state index is -1.02. The van der Waals surface area contributed by atoms with Crippen LogP contribution in [0.25, 0.3) is 0 Å². The minimum Gasteiger partial charge on any atom is -0.478 e. The second-order valence-electron chi connectivity index (χ2n) is 3.94. The van der Waals surface area contributed by atoms with Crippen LogP contribution in [0.5, 0.6) is 0 Å². The molecule has 0 amide bonds. The zero-order valence-electron chi connectivity index (χ0n) is 9.91. The number of aryl methyl sites for hydroxylation is 1. The number of hydrogen-bond acceptors (Lipinski definition) is 4. The van der Waals surface area contributed by atoms with Gasteiger partial charge in [0.2, 0.25) is 0 Å². The van der Waals surface area contributed by atoms with Crippen molar-refractivity contribution in [2.45, 2.75) is 26.0 Å². The van der Waals surface area contributed by atoms with Gasteiger partial charge in [-0.1, -0.05) is 6.92 Å². The van der Waals surface area contributed by atoms with Gasteiger partial charge in [0.25, 0.3) is 0 Å². The standard InChI is InChI=1S/C12H14N2O3S/c1-2-4-14-7-8(6-13-14)10(15)11-9(12(16)17)3-5-18-11/h3,5-7,10,15H,2,4H2,1H3,(H,16,17). The van der Waals surface area contributed by atoms with Gasteiger partial charge >= 0.3 is 5.97 Å². The van der Waals surface area contributed by atoms with E-state index in [4.69, 9.17) is 5.11 Å². The number of carboxylic acids is 1. The van der Waals surface area contributed by atoms with Crippen LogP contribution < -0.4 is 0 Å². The first-order valence-corrected chi connectivity index (χ1v) is 6.52. The van der Waals surface area contributed by atoms with E-state index in [0.29, 0.717) is 10.4 Å². The SMILES string of the molecule is CCCn1cc(C(O)c2sccc2C(=O)O)cn1. The Bertz CT molecular complexity index is 547. The van der Waals surface area contributed by atoms with Crippen molar-refractivity contribution in [3.63, 3.8) is 0 Å². The Morgan fingerprint density at radius 2 is 2.39 bits per heavy atom. The molecule has 2 N–H and O–H groups in total. The third-order valence-electron chi connectivity index (χ3n) is 2.60. The first-order valence-electron chi connectivity index (χ1n) is 5.64. The molecule has 18 heavy (non-hydrogen) atoms. The Labute approximate surface area is 108 Å². The van der Waals surface area contributed by atoms with Crippen LogP contribution in [0.3, 0.4) is 0 Å². The third kappa shape index (κ3) is 2.44. The van der Waals surface area contributed by atoms with Crippen LogP contribution in [0, 0.1) is 0 Å². The van der Waals surface area contributed by atoms with Crippen LogP contribution in [0.15, 0.2) is 23.8 Å². The molecule has 0 aliphatic heterocycles. The highest BCUT2D eigenvalue weighted by Gasteiger charge is 2.21. The topological polar surface area (TPSA) is 75.4 Å². The Kier molecular flexibility index (Phi) is 3.78. The molecule has 96 valence electrons. The van der Waals surface area contributed by atoms with Gasteiger partial charge in [0.1, 0.15) is 6.10 Å². The molecule has 0 aromatic carbocycles. The van der Waals surface area contributed by atoms with E-state index in [0.717, 1.165) is 13.0 Å². The van der Waals surface area contributed by atoms with Crippen molar-refractivity contribution in [3.05, 3.63) is 39.8 Å². The minimum absolute atomic E-state index is 0.149. The highest BCUT2D eigenvalue weighted by Crippen LogP contribution is 2.29. The van der Waals surface area contributed by atoms with E-state index in [2.05, 4.69) is 5.10 Å². The predicted molar refractivity (Wildman–Crippen MR) is 67.9 cm³/mol. The molecule has 0 bridgehead atoms. The van der Waals surface area contributed by atoms with Crippen molar-refractivity contribution in [3.8, 4) is 0 Å². The molecule has 0 saturated heterocycles. The normalized spacial score (nSPS) is 12.6. The Balaban J connectivity index is 2.26. The summed E-state index contributed by atoms with van der Waals surface area (Å²) in [5, 5.41) is 25.0. The fraction of sp³-hybridized carbons (Fsp3) is 0.333. The summed E-state index contributed by atoms with van der Waals surface area (Å²) in [6.07, 6.45) is 3.35. The molecule has 2 aromatic heterocycles. The average Bonchev–Trinajstić information content (AvgIpc) is 2.96. The number of aliphatic hydroxyl groups is 1. The Hall–Kier alpha value is -1.66. The summed E-state index contributed by atoms with van der Waals surface area (Å²) in [5.41, 5.74) is 0.768. The number of aliphatic hydroxyl groups excluding tert-OH is 1. The summed E-state index contributed by atoms with van der Waals surface area (Å²) in [7, 11) is 0. The fourth-order valence-electron chi connectivity index (χ4n) is 1.73. The lowest BCUT2D eigenvalue weighted by Crippen LogP contribution is -2.04. The second-order valence-corrected chi connectivity index (χ2v) is 4.89. The Morgan fingerprint density at radius 1 is 1.61 bits per heavy atom. The van der Waals surface area contributed by atoms with Crippen LogP contribution in [0.2, 0.25) is 0 Å². The lowest BCUT2D eigenvalue weighted by molar-refractivity contribution is 0.0692. The number of carboxylic acid groups (broad SMARTS) is 1. The number of aromatic nitrogens is 2. The van der Waals surface area contributed by atoms with Crippen molar-refractivity contribution < 1.29 is 15.0 Å². The van der Waals surface area contributed by atoms with Gasteiger partial charge in [-0.15, -0.1) is 11.3 Å². The van der Waals surface area contributed by atoms with Gasteiger partial charge in [0.15, 0.2) is 0 Å². The van der Waals surface area contributed by atoms with Crippen molar-refractivity contribution >= 4 is 17.3 Å². The lowest BCUT2D eigenvalue weighted by atomic mass is 10.1. The molecule has 0 aliphatic carbocycles. The van der Waals surface area contributed by atoms with Crippen molar-refractivity contribution in [2.75, 3.05) is 0 Å². The summed E-state index contributed by atoms with van der Waals surface area (Å²) < 4.78 is 1.74. The molecule has 2 heterocycles. The first-order chi connectivity index (χ1) is 8.63. The first kappa shape index (κ1) is 12.8. The fourth-order valence-corrected chi connectivity index (χ4v) is 2.63. The highest BCUT2D eigenvalue weighted by molar-refractivity contribution is 7.10. The number of carbonyl (C=O) groups is 1. The van der Waals surface area contributed by atoms with Gasteiger partial charge in [-0.25, -0.2) is 4.79 Å². The van der Waals surface area contributed by atoms with Crippen LogP contribution in [0.1, 0.15) is 40.2 Å². The number of thiophene rings is 1. The largest absolute Gasteiger partial charge is 0.478 e. The van der Waals surface area contributed by atoms with Gasteiger partial charge < -0.3 is 10.2 Å². The quantitative estimate of drug-likeness (QED) is 0.869. The molecular formula is C12H14N2O3S. The van der Waals surface area contributed by atoms with E-state index in [1.54, 1.807) is 22.5 Å². The molecule has 6 heteroatoms. The Morgan fingerprint density at radius 3 is 3.06 bits per heavy atom. The molecule has 2 rings (SSSR count). The number of nitrogens with zero attached hydrogens (tertiary/aromatic N) is 2. The monoisotopic (exact) mass is 266 g/mol. The average molecular weight is 266 g/mol. The number of rotatable bonds is 5. The maximum Gasteiger partial charge on any atom is 0.336 e. The van der Waals surface area contributed by atoms with Gasteiger partial charge in [-0.05, 0) is 17.9 Å². The molecule has 1 atom stereocenters. The van der Waals surface area contributed by atoms with Crippen LogP contribution in [-0.4, -0.2) is 26.0 Å². The molecular weight excluding hydrogens is 252 g/mol. The second kappa shape index (κ2) is 5.32. The van der Waals surface area contributed by atoms with Crippen LogP contribution in [0.4, 0.5) is 0 Å². The molecule has 1 unspecified atom stereocenters. The van der Waals surface area contributed by atoms with E-state index in [-0.39, 0.29) is 5.56 Å². The predicted octanol–water partition coefficient (Wildman–Crippen LogP) is 2.13. The highest BCUT2D eigenvalue weighted by atomic mass is 32.1. The van der Waals surface area contributed by atoms with Gasteiger partial charge in [-0.2, -0.15) is 5.10 Å². The number of hydrogen-bond donors (Lipinski definition) is 2. The van der Waals surface area contributed by atoms with Crippen molar-refractivity contribution in [2.24, 2.45) is 0 Å². The summed E-state index contributed by atoms with van der Waals surface area (Å²) >= 11 is 1.24. The van der Waals surface area contributed by atoms with Crippen molar-refractivity contribution in [1.29, 1.82) is 0 Å². The van der Waals surface area contributed by atoms with E-state index in [1.807, 2.05) is 6.92 Å². The number of aromatic carboxylic acids is 1. The molecule has 0 saturated carbocycles. The van der Waals surface area contributed by atoms with Crippen LogP contribution in [-0.2, 0) is 6.54 Å². The van der Waals surface area contributed by atoms with Crippen LogP contribution >= 0.6 is 11.3 Å². The third-order valence-corrected chi connectivity index (χ3v) is 3.56.